The van der Waals surface area contributed by atoms with Crippen LogP contribution >= 0.6 is 0 Å². The number of hydrogen-bond donors (Lipinski definition) is 0. The summed E-state index contributed by atoms with van der Waals surface area (Å²) in [4.78, 5) is 55.5. The number of allylic oxidation sites excluding steroid dienone is 1. The Labute approximate surface area is 190 Å². The van der Waals surface area contributed by atoms with Crippen LogP contribution in [0.1, 0.15) is 78.4 Å². The van der Waals surface area contributed by atoms with E-state index in [2.05, 4.69) is 4.98 Å². The largest absolute Gasteiger partial charge is 0.461 e. The molecule has 2 rings (SSSR count). The van der Waals surface area contributed by atoms with E-state index in [0.29, 0.717) is 24.8 Å². The number of Topliss-reactive ketones (excluding diaryl/α,β-unsaturated/α-hetero) is 2. The van der Waals surface area contributed by atoms with Crippen molar-refractivity contribution in [2.45, 2.75) is 79.8 Å². The van der Waals surface area contributed by atoms with Crippen LogP contribution in [0.2, 0.25) is 0 Å². The molecule has 7 nitrogen and oxygen atoms in total. The van der Waals surface area contributed by atoms with Crippen LogP contribution in [0.25, 0.3) is 0 Å². The number of rotatable bonds is 3. The van der Waals surface area contributed by atoms with E-state index in [-0.39, 0.29) is 35.7 Å². The zero-order chi connectivity index (χ0) is 24.1. The van der Waals surface area contributed by atoms with Crippen molar-refractivity contribution in [1.82, 2.24) is 9.55 Å². The number of cyclic esters (lactones) is 1. The molecule has 1 aliphatic rings. The van der Waals surface area contributed by atoms with Crippen LogP contribution < -0.4 is 0 Å². The first-order chi connectivity index (χ1) is 15.0. The van der Waals surface area contributed by atoms with Crippen LogP contribution in [0.4, 0.5) is 0 Å². The lowest BCUT2D eigenvalue weighted by Gasteiger charge is -2.35. The van der Waals surface area contributed by atoms with Gasteiger partial charge in [-0.15, -0.1) is 0 Å². The number of carbonyl (C=O) groups is 4. The summed E-state index contributed by atoms with van der Waals surface area (Å²) in [6.45, 7) is 10.7. The van der Waals surface area contributed by atoms with Gasteiger partial charge in [0.1, 0.15) is 24.1 Å². The molecule has 0 N–H and O–H groups in total. The summed E-state index contributed by atoms with van der Waals surface area (Å²) in [6.07, 6.45) is 8.09. The summed E-state index contributed by atoms with van der Waals surface area (Å²) in [6, 6.07) is 0. The molecule has 1 aliphatic heterocycles. The summed E-state index contributed by atoms with van der Waals surface area (Å²) in [5.41, 5.74) is -0.369. The zero-order valence-electron chi connectivity index (χ0n) is 20.1. The van der Waals surface area contributed by atoms with E-state index < -0.39 is 23.4 Å². The van der Waals surface area contributed by atoms with Crippen LogP contribution in [0, 0.1) is 23.2 Å². The SMILES string of the molecule is CC[C@H]1OC(=O)[C@H](C)C(=O)[C@H](C)CCC[C@@H](C)C(=O)/C(C)=C/[C@]1(C)CC(=O)n1ccnc1. The monoisotopic (exact) mass is 444 g/mol. The summed E-state index contributed by atoms with van der Waals surface area (Å²) in [5, 5.41) is 0. The molecule has 0 aromatic carbocycles. The van der Waals surface area contributed by atoms with Gasteiger partial charge in [0.15, 0.2) is 5.78 Å². The summed E-state index contributed by atoms with van der Waals surface area (Å²) in [5.74, 6) is -2.29. The average Bonchev–Trinajstić information content (AvgIpc) is 3.29. The van der Waals surface area contributed by atoms with Gasteiger partial charge in [-0.05, 0) is 38.7 Å². The normalized spacial score (nSPS) is 32.6. The van der Waals surface area contributed by atoms with Crippen molar-refractivity contribution >= 4 is 23.4 Å². The maximum absolute atomic E-state index is 13.0. The zero-order valence-corrected chi connectivity index (χ0v) is 20.1. The number of esters is 1. The molecule has 1 aromatic rings. The molecule has 0 saturated heterocycles. The highest BCUT2D eigenvalue weighted by atomic mass is 16.5. The Kier molecular flexibility index (Phi) is 8.70. The topological polar surface area (TPSA) is 95.3 Å². The third-order valence-electron chi connectivity index (χ3n) is 6.61. The van der Waals surface area contributed by atoms with Crippen molar-refractivity contribution < 1.29 is 23.9 Å². The molecule has 0 bridgehead atoms. The average molecular weight is 445 g/mol. The highest BCUT2D eigenvalue weighted by Crippen LogP contribution is 2.36. The van der Waals surface area contributed by atoms with Gasteiger partial charge < -0.3 is 4.74 Å². The van der Waals surface area contributed by atoms with Gasteiger partial charge in [-0.3, -0.25) is 23.7 Å². The van der Waals surface area contributed by atoms with E-state index >= 15 is 0 Å². The number of ketones is 2. The molecule has 32 heavy (non-hydrogen) atoms. The quantitative estimate of drug-likeness (QED) is 0.506. The first-order valence-electron chi connectivity index (χ1n) is 11.5. The lowest BCUT2D eigenvalue weighted by Crippen LogP contribution is -2.40. The molecule has 0 radical (unpaired) electrons. The highest BCUT2D eigenvalue weighted by molar-refractivity contribution is 6.00. The number of hydrogen-bond acceptors (Lipinski definition) is 6. The van der Waals surface area contributed by atoms with Crippen molar-refractivity contribution in [2.24, 2.45) is 23.2 Å². The van der Waals surface area contributed by atoms with Crippen LogP contribution in [0.3, 0.4) is 0 Å². The van der Waals surface area contributed by atoms with Crippen LogP contribution in [-0.4, -0.2) is 39.1 Å². The van der Waals surface area contributed by atoms with E-state index in [0.717, 1.165) is 6.42 Å². The number of carbonyl (C=O) groups excluding carboxylic acids is 4. The third kappa shape index (κ3) is 6.02. The molecule has 2 heterocycles. The maximum atomic E-state index is 13.0. The fraction of sp³-hybridized carbons (Fsp3) is 0.640. The van der Waals surface area contributed by atoms with Gasteiger partial charge in [0.2, 0.25) is 5.91 Å². The third-order valence-corrected chi connectivity index (χ3v) is 6.61. The van der Waals surface area contributed by atoms with Gasteiger partial charge >= 0.3 is 5.97 Å². The maximum Gasteiger partial charge on any atom is 0.316 e. The Hall–Kier alpha value is -2.57. The van der Waals surface area contributed by atoms with Gasteiger partial charge in [-0.25, -0.2) is 4.98 Å². The smallest absolute Gasteiger partial charge is 0.316 e. The number of imidazole rings is 1. The summed E-state index contributed by atoms with van der Waals surface area (Å²) < 4.78 is 7.21. The molecule has 0 unspecified atom stereocenters. The van der Waals surface area contributed by atoms with Crippen molar-refractivity contribution in [2.75, 3.05) is 0 Å². The lowest BCUT2D eigenvalue weighted by molar-refractivity contribution is -0.161. The number of nitrogens with zero attached hydrogens (tertiary/aromatic N) is 2. The molecular formula is C25H36N2O5. The minimum absolute atomic E-state index is 0.0110. The Bertz CT molecular complexity index is 873. The minimum Gasteiger partial charge on any atom is -0.461 e. The molecule has 0 fully saturated rings. The second-order valence-electron chi connectivity index (χ2n) is 9.43. The highest BCUT2D eigenvalue weighted by Gasteiger charge is 2.39. The Morgan fingerprint density at radius 1 is 1.19 bits per heavy atom. The minimum atomic E-state index is -0.927. The van der Waals surface area contributed by atoms with E-state index in [4.69, 9.17) is 4.74 Å². The van der Waals surface area contributed by atoms with E-state index in [9.17, 15) is 19.2 Å². The lowest BCUT2D eigenvalue weighted by atomic mass is 9.76. The van der Waals surface area contributed by atoms with Crippen molar-refractivity contribution in [3.05, 3.63) is 30.4 Å². The molecule has 0 spiro atoms. The fourth-order valence-corrected chi connectivity index (χ4v) is 4.51. The molecule has 0 aliphatic carbocycles. The van der Waals surface area contributed by atoms with E-state index in [1.807, 2.05) is 27.7 Å². The predicted octanol–water partition coefficient (Wildman–Crippen LogP) is 4.42. The first-order valence-corrected chi connectivity index (χ1v) is 11.5. The van der Waals surface area contributed by atoms with E-state index in [1.165, 1.54) is 17.1 Å². The van der Waals surface area contributed by atoms with Crippen molar-refractivity contribution in [1.29, 1.82) is 0 Å². The van der Waals surface area contributed by atoms with Crippen LogP contribution in [0.5, 0.6) is 0 Å². The van der Waals surface area contributed by atoms with Gasteiger partial charge in [0, 0.05) is 36.1 Å². The van der Waals surface area contributed by atoms with Crippen molar-refractivity contribution in [3.63, 3.8) is 0 Å². The predicted molar refractivity (Wildman–Crippen MR) is 121 cm³/mol. The Morgan fingerprint density at radius 3 is 2.44 bits per heavy atom. The molecular weight excluding hydrogens is 408 g/mol. The molecule has 0 amide bonds. The number of aromatic nitrogens is 2. The van der Waals surface area contributed by atoms with Gasteiger partial charge in [0.05, 0.1) is 0 Å². The summed E-state index contributed by atoms with van der Waals surface area (Å²) in [7, 11) is 0. The standard InChI is InChI=1S/C25H36N2O5/c1-7-20-25(6,14-21(28)27-12-11-26-15-27)13-18(4)22(29)16(2)9-8-10-17(3)23(30)19(5)24(31)32-20/h11-13,15-17,19-20H,7-10,14H2,1-6H3/b18-13+/t16-,17-,19-,20-,25-/m1/s1. The Balaban J connectivity index is 2.49. The van der Waals surface area contributed by atoms with Crippen LogP contribution in [0.15, 0.2) is 30.4 Å². The summed E-state index contributed by atoms with van der Waals surface area (Å²) >= 11 is 0. The fourth-order valence-electron chi connectivity index (χ4n) is 4.51. The second kappa shape index (κ2) is 10.8. The van der Waals surface area contributed by atoms with E-state index in [1.54, 1.807) is 26.1 Å². The van der Waals surface area contributed by atoms with Gasteiger partial charge in [0.25, 0.3) is 0 Å². The number of ether oxygens (including phenoxy) is 1. The van der Waals surface area contributed by atoms with Gasteiger partial charge in [-0.2, -0.15) is 0 Å². The molecule has 176 valence electrons. The van der Waals surface area contributed by atoms with Crippen molar-refractivity contribution in [3.8, 4) is 0 Å². The molecule has 7 heteroatoms. The Morgan fingerprint density at radius 2 is 1.84 bits per heavy atom. The van der Waals surface area contributed by atoms with Crippen LogP contribution in [-0.2, 0) is 19.1 Å². The first kappa shape index (κ1) is 25.7. The molecule has 0 saturated carbocycles. The second-order valence-corrected chi connectivity index (χ2v) is 9.43. The van der Waals surface area contributed by atoms with Gasteiger partial charge in [-0.1, -0.05) is 40.2 Å². The molecule has 5 atom stereocenters. The molecule has 1 aromatic heterocycles.